The van der Waals surface area contributed by atoms with Gasteiger partial charge in [0.1, 0.15) is 5.00 Å². The molecule has 0 bridgehead atoms. The molecule has 0 spiro atoms. The summed E-state index contributed by atoms with van der Waals surface area (Å²) in [6.07, 6.45) is 4.00. The Hall–Kier alpha value is -1.59. The van der Waals surface area contributed by atoms with E-state index in [9.17, 15) is 0 Å². The molecule has 5 heteroatoms. The van der Waals surface area contributed by atoms with Crippen LogP contribution in [0.25, 0.3) is 5.70 Å². The Morgan fingerprint density at radius 1 is 1.50 bits per heavy atom. The lowest BCUT2D eigenvalue weighted by Gasteiger charge is -2.23. The molecule has 1 N–H and O–H groups in total. The molecule has 0 unspecified atom stereocenters. The van der Waals surface area contributed by atoms with E-state index in [1.165, 1.54) is 16.0 Å². The van der Waals surface area contributed by atoms with Crippen LogP contribution in [0.2, 0.25) is 0 Å². The van der Waals surface area contributed by atoms with Crippen LogP contribution in [0, 0.1) is 0 Å². The van der Waals surface area contributed by atoms with Crippen molar-refractivity contribution in [3.05, 3.63) is 35.4 Å². The third-order valence-electron chi connectivity index (χ3n) is 4.20. The van der Waals surface area contributed by atoms with Crippen molar-refractivity contribution in [2.24, 2.45) is 4.99 Å². The molecule has 2 rings (SSSR count). The van der Waals surface area contributed by atoms with Crippen LogP contribution in [0.15, 0.2) is 24.4 Å². The number of hydrogen-bond acceptors (Lipinski definition) is 5. The lowest BCUT2D eigenvalue weighted by molar-refractivity contribution is 0.317. The number of rotatable bonds is 8. The monoisotopic (exact) mass is 346 g/mol. The minimum absolute atomic E-state index is 0.792. The van der Waals surface area contributed by atoms with Gasteiger partial charge >= 0.3 is 0 Å². The minimum atomic E-state index is 0.792. The van der Waals surface area contributed by atoms with Gasteiger partial charge in [-0.3, -0.25) is 0 Å². The number of likely N-dealkylation sites (N-methyl/N-ethyl adjacent to an activating group) is 1. The largest absolute Gasteiger partial charge is 0.385 e. The van der Waals surface area contributed by atoms with E-state index in [-0.39, 0.29) is 0 Å². The fraction of sp³-hybridized carbons (Fsp3) is 0.526. The Kier molecular flexibility index (Phi) is 6.63. The van der Waals surface area contributed by atoms with E-state index in [1.807, 2.05) is 29.5 Å². The molecule has 1 aromatic rings. The highest BCUT2D eigenvalue weighted by molar-refractivity contribution is 7.16. The molecule has 1 aliphatic heterocycles. The van der Waals surface area contributed by atoms with Gasteiger partial charge in [-0.25, -0.2) is 4.99 Å². The molecule has 4 nitrogen and oxygen atoms in total. The summed E-state index contributed by atoms with van der Waals surface area (Å²) in [4.78, 5) is 10.8. The number of nitrogens with zero attached hydrogens (tertiary/aromatic N) is 3. The first-order valence-corrected chi connectivity index (χ1v) is 9.41. The van der Waals surface area contributed by atoms with Crippen LogP contribution in [0.5, 0.6) is 0 Å². The van der Waals surface area contributed by atoms with Crippen molar-refractivity contribution >= 4 is 27.7 Å². The van der Waals surface area contributed by atoms with Crippen LogP contribution >= 0.6 is 11.3 Å². The third-order valence-corrected chi connectivity index (χ3v) is 5.31. The van der Waals surface area contributed by atoms with Crippen molar-refractivity contribution in [2.75, 3.05) is 33.7 Å². The van der Waals surface area contributed by atoms with E-state index < -0.39 is 0 Å². The first-order valence-electron chi connectivity index (χ1n) is 8.59. The average Bonchev–Trinajstić information content (AvgIpc) is 2.88. The second-order valence-corrected chi connectivity index (χ2v) is 7.61. The van der Waals surface area contributed by atoms with Crippen molar-refractivity contribution in [2.45, 2.75) is 33.2 Å². The van der Waals surface area contributed by atoms with Gasteiger partial charge in [-0.1, -0.05) is 20.1 Å². The molecule has 1 aromatic heterocycles. The Balaban J connectivity index is 2.36. The maximum atomic E-state index is 4.93. The molecule has 1 aliphatic rings. The molecule has 0 aliphatic carbocycles. The van der Waals surface area contributed by atoms with Crippen molar-refractivity contribution in [1.82, 2.24) is 15.1 Å². The van der Waals surface area contributed by atoms with Crippen LogP contribution < -0.4 is 5.32 Å². The zero-order valence-electron chi connectivity index (χ0n) is 15.5. The number of nitrogens with one attached hydrogen (secondary N) is 1. The Bertz CT molecular complexity index is 630. The maximum Gasteiger partial charge on any atom is 0.125 e. The average molecular weight is 347 g/mol. The molecule has 0 radical (unpaired) electrons. The van der Waals surface area contributed by atoms with E-state index in [0.29, 0.717) is 0 Å². The first-order chi connectivity index (χ1) is 11.5. The minimum Gasteiger partial charge on any atom is -0.385 e. The number of fused-ring (bicyclic) bond motifs is 1. The van der Waals surface area contributed by atoms with Gasteiger partial charge in [0, 0.05) is 48.5 Å². The smallest absolute Gasteiger partial charge is 0.125 e. The van der Waals surface area contributed by atoms with Crippen LogP contribution in [-0.4, -0.2) is 49.2 Å². The van der Waals surface area contributed by atoms with Crippen molar-refractivity contribution in [1.29, 1.82) is 0 Å². The summed E-state index contributed by atoms with van der Waals surface area (Å²) in [5.41, 5.74) is 4.78. The Labute approximate surface area is 150 Å². The highest BCUT2D eigenvalue weighted by Crippen LogP contribution is 2.41. The van der Waals surface area contributed by atoms with E-state index in [1.54, 1.807) is 0 Å². The van der Waals surface area contributed by atoms with Crippen LogP contribution in [0.3, 0.4) is 0 Å². The lowest BCUT2D eigenvalue weighted by Crippen LogP contribution is -2.26. The fourth-order valence-electron chi connectivity index (χ4n) is 2.91. The van der Waals surface area contributed by atoms with E-state index in [4.69, 9.17) is 4.99 Å². The van der Waals surface area contributed by atoms with Gasteiger partial charge in [-0.15, -0.1) is 11.3 Å². The molecular weight excluding hydrogens is 316 g/mol. The molecule has 0 saturated carbocycles. The van der Waals surface area contributed by atoms with Crippen LogP contribution in [0.4, 0.5) is 5.00 Å². The van der Waals surface area contributed by atoms with Gasteiger partial charge in [0.15, 0.2) is 0 Å². The van der Waals surface area contributed by atoms with Crippen LogP contribution in [-0.2, 0) is 13.0 Å². The normalized spacial score (nSPS) is 15.1. The molecule has 0 amide bonds. The number of aliphatic imine (C=N–C) groups is 1. The summed E-state index contributed by atoms with van der Waals surface area (Å²) in [6, 6.07) is 0. The van der Waals surface area contributed by atoms with E-state index >= 15 is 0 Å². The van der Waals surface area contributed by atoms with Gasteiger partial charge in [-0.05, 0) is 38.6 Å². The van der Waals surface area contributed by atoms with Gasteiger partial charge in [0.2, 0.25) is 0 Å². The predicted octanol–water partition coefficient (Wildman–Crippen LogP) is 3.87. The van der Waals surface area contributed by atoms with Crippen molar-refractivity contribution in [3.63, 3.8) is 0 Å². The summed E-state index contributed by atoms with van der Waals surface area (Å²) in [6.45, 7) is 16.2. The summed E-state index contributed by atoms with van der Waals surface area (Å²) >= 11 is 1.82. The molecule has 0 atom stereocenters. The second kappa shape index (κ2) is 8.49. The SMILES string of the molecule is C=CN(C)CC(C)=Nc1sc2c(c1C(=C)NCCC)CCN(C)C2. The molecule has 0 fully saturated rings. The molecular formula is C19H30N4S. The van der Waals surface area contributed by atoms with Crippen LogP contribution in [0.1, 0.15) is 36.3 Å². The highest BCUT2D eigenvalue weighted by Gasteiger charge is 2.24. The van der Waals surface area contributed by atoms with Crippen molar-refractivity contribution < 1.29 is 0 Å². The second-order valence-electron chi connectivity index (χ2n) is 6.52. The summed E-state index contributed by atoms with van der Waals surface area (Å²) in [5, 5.41) is 4.56. The highest BCUT2D eigenvalue weighted by atomic mass is 32.1. The Morgan fingerprint density at radius 3 is 2.92 bits per heavy atom. The summed E-state index contributed by atoms with van der Waals surface area (Å²) in [7, 11) is 4.20. The van der Waals surface area contributed by atoms with Gasteiger partial charge < -0.3 is 15.1 Å². The lowest BCUT2D eigenvalue weighted by atomic mass is 10.0. The standard InChI is InChI=1S/C19H30N4S/c1-7-10-20-15(4)18-16-9-11-23(6)13-17(16)24-19(18)21-14(3)12-22(5)8-2/h8,20H,2,4,7,9-13H2,1,3,5-6H3. The molecule has 132 valence electrons. The zero-order valence-corrected chi connectivity index (χ0v) is 16.3. The van der Waals surface area contributed by atoms with Crippen molar-refractivity contribution in [3.8, 4) is 0 Å². The molecule has 0 saturated heterocycles. The molecule has 0 aromatic carbocycles. The Morgan fingerprint density at radius 2 is 2.25 bits per heavy atom. The van der Waals surface area contributed by atoms with Gasteiger partial charge in [-0.2, -0.15) is 0 Å². The summed E-state index contributed by atoms with van der Waals surface area (Å²) < 4.78 is 0. The number of thiophene rings is 1. The zero-order chi connectivity index (χ0) is 17.7. The van der Waals surface area contributed by atoms with Gasteiger partial charge in [0.05, 0.1) is 6.54 Å². The van der Waals surface area contributed by atoms with E-state index in [0.717, 1.165) is 55.4 Å². The molecule has 24 heavy (non-hydrogen) atoms. The fourth-order valence-corrected chi connectivity index (χ4v) is 4.30. The predicted molar refractivity (Wildman–Crippen MR) is 107 cm³/mol. The molecule has 2 heterocycles. The topological polar surface area (TPSA) is 30.9 Å². The number of hydrogen-bond donors (Lipinski definition) is 1. The quantitative estimate of drug-likeness (QED) is 0.725. The van der Waals surface area contributed by atoms with Gasteiger partial charge in [0.25, 0.3) is 0 Å². The van der Waals surface area contributed by atoms with E-state index in [2.05, 4.69) is 44.3 Å². The maximum absolute atomic E-state index is 4.93. The summed E-state index contributed by atoms with van der Waals surface area (Å²) in [5.74, 6) is 0. The third kappa shape index (κ3) is 4.48. The first kappa shape index (κ1) is 18.7.